The van der Waals surface area contributed by atoms with Crippen molar-refractivity contribution < 1.29 is 14.3 Å². The van der Waals surface area contributed by atoms with Crippen LogP contribution in [0.3, 0.4) is 0 Å². The Morgan fingerprint density at radius 3 is 2.62 bits per heavy atom. The summed E-state index contributed by atoms with van der Waals surface area (Å²) in [6.45, 7) is 7.22. The van der Waals surface area contributed by atoms with E-state index in [9.17, 15) is 9.59 Å². The Kier molecular flexibility index (Phi) is 6.75. The molecule has 2 atom stereocenters. The standard InChI is InChI=1S/C18H27N3O3/c1-3-24-12-15-7-5-4-6-14(15)8-20-17(22)11-21-9-13(2)16(10-21)18(19)23/h4-7,13,16H,3,8-12H2,1-2H3,(H2,19,23)(H,20,22)/t13-,16-/m1/s1. The first-order valence-corrected chi connectivity index (χ1v) is 8.44. The number of ether oxygens (including phenoxy) is 1. The third-order valence-electron chi connectivity index (χ3n) is 4.48. The molecule has 0 aromatic heterocycles. The highest BCUT2D eigenvalue weighted by atomic mass is 16.5. The van der Waals surface area contributed by atoms with Crippen molar-refractivity contribution in [2.75, 3.05) is 26.2 Å². The van der Waals surface area contributed by atoms with Crippen LogP contribution < -0.4 is 11.1 Å². The summed E-state index contributed by atoms with van der Waals surface area (Å²) >= 11 is 0. The Hall–Kier alpha value is -1.92. The Balaban J connectivity index is 1.83. The number of hydrogen-bond donors (Lipinski definition) is 2. The van der Waals surface area contributed by atoms with Gasteiger partial charge < -0.3 is 15.8 Å². The smallest absolute Gasteiger partial charge is 0.234 e. The lowest BCUT2D eigenvalue weighted by Crippen LogP contribution is -2.36. The summed E-state index contributed by atoms with van der Waals surface area (Å²) < 4.78 is 5.46. The van der Waals surface area contributed by atoms with Crippen LogP contribution in [0.15, 0.2) is 24.3 Å². The third kappa shape index (κ3) is 5.04. The summed E-state index contributed by atoms with van der Waals surface area (Å²) in [4.78, 5) is 25.5. The second kappa shape index (κ2) is 8.80. The van der Waals surface area contributed by atoms with Gasteiger partial charge in [-0.25, -0.2) is 0 Å². The molecule has 0 aliphatic carbocycles. The van der Waals surface area contributed by atoms with Gasteiger partial charge in [-0.3, -0.25) is 14.5 Å². The number of hydrogen-bond acceptors (Lipinski definition) is 4. The van der Waals surface area contributed by atoms with Crippen LogP contribution in [0.25, 0.3) is 0 Å². The van der Waals surface area contributed by atoms with Crippen molar-refractivity contribution in [2.24, 2.45) is 17.6 Å². The highest BCUT2D eigenvalue weighted by Crippen LogP contribution is 2.22. The molecular weight excluding hydrogens is 306 g/mol. The van der Waals surface area contributed by atoms with Crippen LogP contribution in [0.1, 0.15) is 25.0 Å². The average Bonchev–Trinajstić information content (AvgIpc) is 2.92. The highest BCUT2D eigenvalue weighted by molar-refractivity contribution is 5.79. The van der Waals surface area contributed by atoms with Gasteiger partial charge in [0.15, 0.2) is 0 Å². The first kappa shape index (κ1) is 18.4. The fraction of sp³-hybridized carbons (Fsp3) is 0.556. The minimum atomic E-state index is -0.282. The van der Waals surface area contributed by atoms with Crippen molar-refractivity contribution in [3.8, 4) is 0 Å². The molecule has 1 aliphatic heterocycles. The monoisotopic (exact) mass is 333 g/mol. The predicted octanol–water partition coefficient (Wildman–Crippen LogP) is 0.893. The van der Waals surface area contributed by atoms with E-state index in [-0.39, 0.29) is 23.7 Å². The first-order chi connectivity index (χ1) is 11.5. The number of amides is 2. The van der Waals surface area contributed by atoms with Crippen LogP contribution in [-0.2, 0) is 27.5 Å². The second-order valence-corrected chi connectivity index (χ2v) is 6.36. The van der Waals surface area contributed by atoms with E-state index < -0.39 is 0 Å². The number of benzene rings is 1. The summed E-state index contributed by atoms with van der Waals surface area (Å²) in [7, 11) is 0. The third-order valence-corrected chi connectivity index (χ3v) is 4.48. The lowest BCUT2D eigenvalue weighted by Gasteiger charge is -2.16. The maximum Gasteiger partial charge on any atom is 0.234 e. The van der Waals surface area contributed by atoms with Crippen LogP contribution in [0.2, 0.25) is 0 Å². The topological polar surface area (TPSA) is 84.7 Å². The minimum Gasteiger partial charge on any atom is -0.377 e. The van der Waals surface area contributed by atoms with E-state index in [0.29, 0.717) is 32.8 Å². The van der Waals surface area contributed by atoms with Gasteiger partial charge in [0.1, 0.15) is 0 Å². The van der Waals surface area contributed by atoms with E-state index in [1.165, 1.54) is 0 Å². The van der Waals surface area contributed by atoms with Gasteiger partial charge in [0.05, 0.1) is 19.1 Å². The molecule has 0 unspecified atom stereocenters. The zero-order valence-electron chi connectivity index (χ0n) is 14.5. The molecule has 6 heteroatoms. The van der Waals surface area contributed by atoms with Crippen molar-refractivity contribution in [2.45, 2.75) is 27.0 Å². The van der Waals surface area contributed by atoms with E-state index in [1.54, 1.807) is 0 Å². The van der Waals surface area contributed by atoms with Crippen molar-refractivity contribution >= 4 is 11.8 Å². The zero-order valence-corrected chi connectivity index (χ0v) is 14.5. The Labute approximate surface area is 143 Å². The molecule has 1 aromatic carbocycles. The normalized spacial score (nSPS) is 20.9. The number of nitrogens with two attached hydrogens (primary N) is 1. The van der Waals surface area contributed by atoms with Gasteiger partial charge >= 0.3 is 0 Å². The molecule has 2 rings (SSSR count). The molecule has 1 heterocycles. The van der Waals surface area contributed by atoms with Gasteiger partial charge in [0, 0.05) is 26.2 Å². The number of nitrogens with zero attached hydrogens (tertiary/aromatic N) is 1. The molecule has 0 spiro atoms. The second-order valence-electron chi connectivity index (χ2n) is 6.36. The van der Waals surface area contributed by atoms with Crippen molar-refractivity contribution in [1.82, 2.24) is 10.2 Å². The number of carbonyl (C=O) groups excluding carboxylic acids is 2. The predicted molar refractivity (Wildman–Crippen MR) is 91.9 cm³/mol. The summed E-state index contributed by atoms with van der Waals surface area (Å²) in [6, 6.07) is 7.93. The quantitative estimate of drug-likeness (QED) is 0.740. The SMILES string of the molecule is CCOCc1ccccc1CNC(=O)CN1C[C@@H](C)[C@H](C(N)=O)C1. The molecule has 3 N–H and O–H groups in total. The maximum atomic E-state index is 12.2. The molecule has 1 aliphatic rings. The van der Waals surface area contributed by atoms with Crippen LogP contribution >= 0.6 is 0 Å². The van der Waals surface area contributed by atoms with Crippen molar-refractivity contribution in [1.29, 1.82) is 0 Å². The fourth-order valence-electron chi connectivity index (χ4n) is 3.10. The van der Waals surface area contributed by atoms with Crippen molar-refractivity contribution in [3.63, 3.8) is 0 Å². The van der Waals surface area contributed by atoms with Crippen LogP contribution in [0.5, 0.6) is 0 Å². The molecule has 0 bridgehead atoms. The van der Waals surface area contributed by atoms with Gasteiger partial charge in [-0.05, 0) is 24.0 Å². The summed E-state index contributed by atoms with van der Waals surface area (Å²) in [5.74, 6) is -0.291. The molecule has 0 radical (unpaired) electrons. The first-order valence-electron chi connectivity index (χ1n) is 8.44. The van der Waals surface area contributed by atoms with E-state index >= 15 is 0 Å². The lowest BCUT2D eigenvalue weighted by molar-refractivity contribution is -0.124. The Morgan fingerprint density at radius 2 is 2.00 bits per heavy atom. The Morgan fingerprint density at radius 1 is 1.29 bits per heavy atom. The van der Waals surface area contributed by atoms with Gasteiger partial charge in [-0.1, -0.05) is 31.2 Å². The lowest BCUT2D eigenvalue weighted by atomic mass is 9.98. The van der Waals surface area contributed by atoms with E-state index in [2.05, 4.69) is 5.32 Å². The maximum absolute atomic E-state index is 12.2. The van der Waals surface area contributed by atoms with Crippen LogP contribution in [0.4, 0.5) is 0 Å². The number of primary amides is 1. The zero-order chi connectivity index (χ0) is 17.5. The molecule has 1 fully saturated rings. The average molecular weight is 333 g/mol. The van der Waals surface area contributed by atoms with Crippen LogP contribution in [0, 0.1) is 11.8 Å². The molecule has 24 heavy (non-hydrogen) atoms. The van der Waals surface area contributed by atoms with Gasteiger partial charge in [0.2, 0.25) is 11.8 Å². The molecule has 1 aromatic rings. The summed E-state index contributed by atoms with van der Waals surface area (Å²) in [5.41, 5.74) is 7.54. The molecule has 1 saturated heterocycles. The van der Waals surface area contributed by atoms with Gasteiger partial charge in [-0.15, -0.1) is 0 Å². The fourth-order valence-corrected chi connectivity index (χ4v) is 3.10. The van der Waals surface area contributed by atoms with Gasteiger partial charge in [-0.2, -0.15) is 0 Å². The number of likely N-dealkylation sites (tertiary alicyclic amines) is 1. The van der Waals surface area contributed by atoms with Crippen LogP contribution in [-0.4, -0.2) is 43.0 Å². The van der Waals surface area contributed by atoms with E-state index in [4.69, 9.17) is 10.5 Å². The number of rotatable bonds is 8. The highest BCUT2D eigenvalue weighted by Gasteiger charge is 2.33. The van der Waals surface area contributed by atoms with E-state index in [0.717, 1.165) is 17.7 Å². The largest absolute Gasteiger partial charge is 0.377 e. The molecule has 6 nitrogen and oxygen atoms in total. The summed E-state index contributed by atoms with van der Waals surface area (Å²) in [5, 5.41) is 2.95. The number of nitrogens with one attached hydrogen (secondary N) is 1. The molecule has 2 amide bonds. The van der Waals surface area contributed by atoms with Gasteiger partial charge in [0.25, 0.3) is 0 Å². The minimum absolute atomic E-state index is 0.0430. The molecular formula is C18H27N3O3. The number of carbonyl (C=O) groups is 2. The Bertz CT molecular complexity index is 576. The molecule has 0 saturated carbocycles. The van der Waals surface area contributed by atoms with E-state index in [1.807, 2.05) is 43.0 Å². The molecule has 132 valence electrons. The summed E-state index contributed by atoms with van der Waals surface area (Å²) in [6.07, 6.45) is 0. The van der Waals surface area contributed by atoms with Crippen molar-refractivity contribution in [3.05, 3.63) is 35.4 Å².